The SMILES string of the molecule is CC1(C(=O)N2CC[C@@H]3CCN[C@@H]3C2)CC1. The second kappa shape index (κ2) is 3.21. The number of nitrogens with one attached hydrogen (secondary N) is 1. The van der Waals surface area contributed by atoms with Crippen LogP contribution in [-0.2, 0) is 4.79 Å². The zero-order valence-corrected chi connectivity index (χ0v) is 9.46. The minimum absolute atomic E-state index is 0.0193. The van der Waals surface area contributed by atoms with E-state index in [1.165, 1.54) is 12.8 Å². The molecule has 3 nitrogen and oxygen atoms in total. The van der Waals surface area contributed by atoms with Crippen molar-refractivity contribution < 1.29 is 4.79 Å². The molecular formula is C12H20N2O. The molecule has 3 heteroatoms. The van der Waals surface area contributed by atoms with Gasteiger partial charge in [-0.1, -0.05) is 6.92 Å². The first-order chi connectivity index (χ1) is 7.19. The van der Waals surface area contributed by atoms with Crippen molar-refractivity contribution >= 4 is 5.91 Å². The van der Waals surface area contributed by atoms with E-state index in [1.807, 2.05) is 0 Å². The molecule has 2 heterocycles. The standard InChI is InChI=1S/C12H20N2O/c1-12(4-5-12)11(15)14-7-3-9-2-6-13-10(9)8-14/h9-10,13H,2-8H2,1H3/t9-,10+/m0/s1. The number of nitrogens with zero attached hydrogens (tertiary/aromatic N) is 1. The normalized spacial score (nSPS) is 37.5. The smallest absolute Gasteiger partial charge is 0.228 e. The number of rotatable bonds is 1. The molecule has 3 fully saturated rings. The van der Waals surface area contributed by atoms with Gasteiger partial charge in [-0.25, -0.2) is 0 Å². The van der Waals surface area contributed by atoms with Crippen molar-refractivity contribution in [3.05, 3.63) is 0 Å². The summed E-state index contributed by atoms with van der Waals surface area (Å²) in [7, 11) is 0. The van der Waals surface area contributed by atoms with E-state index in [2.05, 4.69) is 17.1 Å². The van der Waals surface area contributed by atoms with Crippen LogP contribution in [0.1, 0.15) is 32.6 Å². The molecule has 0 bridgehead atoms. The van der Waals surface area contributed by atoms with E-state index in [0.29, 0.717) is 11.9 Å². The molecule has 84 valence electrons. The van der Waals surface area contributed by atoms with Gasteiger partial charge in [0, 0.05) is 24.5 Å². The van der Waals surface area contributed by atoms with E-state index in [1.54, 1.807) is 0 Å². The molecule has 0 unspecified atom stereocenters. The molecule has 2 aliphatic heterocycles. The highest BCUT2D eigenvalue weighted by Gasteiger charge is 2.48. The third-order valence-electron chi connectivity index (χ3n) is 4.48. The largest absolute Gasteiger partial charge is 0.341 e. The van der Waals surface area contributed by atoms with Crippen LogP contribution in [0.25, 0.3) is 0 Å². The first-order valence-corrected chi connectivity index (χ1v) is 6.22. The summed E-state index contributed by atoms with van der Waals surface area (Å²) in [6, 6.07) is 0.588. The number of amides is 1. The van der Waals surface area contributed by atoms with Crippen molar-refractivity contribution in [2.45, 2.75) is 38.6 Å². The van der Waals surface area contributed by atoms with Gasteiger partial charge < -0.3 is 10.2 Å². The van der Waals surface area contributed by atoms with Gasteiger partial charge in [-0.3, -0.25) is 4.79 Å². The number of carbonyl (C=O) groups excluding carboxylic acids is 1. The first kappa shape index (κ1) is 9.64. The summed E-state index contributed by atoms with van der Waals surface area (Å²) in [5, 5.41) is 3.52. The van der Waals surface area contributed by atoms with Crippen molar-refractivity contribution in [2.24, 2.45) is 11.3 Å². The van der Waals surface area contributed by atoms with E-state index in [-0.39, 0.29) is 5.41 Å². The van der Waals surface area contributed by atoms with Crippen molar-refractivity contribution in [2.75, 3.05) is 19.6 Å². The maximum Gasteiger partial charge on any atom is 0.228 e. The molecule has 15 heavy (non-hydrogen) atoms. The summed E-state index contributed by atoms with van der Waals surface area (Å²) < 4.78 is 0. The van der Waals surface area contributed by atoms with Crippen LogP contribution in [0.4, 0.5) is 0 Å². The lowest BCUT2D eigenvalue weighted by Gasteiger charge is -2.36. The number of likely N-dealkylation sites (tertiary alicyclic amines) is 1. The Balaban J connectivity index is 1.66. The molecule has 2 atom stereocenters. The van der Waals surface area contributed by atoms with Crippen molar-refractivity contribution in [3.63, 3.8) is 0 Å². The summed E-state index contributed by atoms with van der Waals surface area (Å²) >= 11 is 0. The molecule has 0 spiro atoms. The molecule has 0 radical (unpaired) electrons. The molecule has 3 aliphatic rings. The summed E-state index contributed by atoms with van der Waals surface area (Å²) in [4.78, 5) is 14.3. The Kier molecular flexibility index (Phi) is 2.06. The zero-order chi connectivity index (χ0) is 10.5. The molecule has 0 aromatic heterocycles. The zero-order valence-electron chi connectivity index (χ0n) is 9.46. The molecular weight excluding hydrogens is 188 g/mol. The molecule has 1 aliphatic carbocycles. The van der Waals surface area contributed by atoms with Gasteiger partial charge in [-0.2, -0.15) is 0 Å². The lowest BCUT2D eigenvalue weighted by molar-refractivity contribution is -0.138. The maximum absolute atomic E-state index is 12.2. The van der Waals surface area contributed by atoms with Crippen LogP contribution in [0.5, 0.6) is 0 Å². The first-order valence-electron chi connectivity index (χ1n) is 6.22. The van der Waals surface area contributed by atoms with E-state index in [0.717, 1.165) is 38.4 Å². The van der Waals surface area contributed by atoms with Gasteiger partial charge in [0.1, 0.15) is 0 Å². The number of fused-ring (bicyclic) bond motifs is 1. The van der Waals surface area contributed by atoms with Crippen molar-refractivity contribution in [1.29, 1.82) is 0 Å². The van der Waals surface area contributed by atoms with Crippen LogP contribution in [0.15, 0.2) is 0 Å². The van der Waals surface area contributed by atoms with Crippen LogP contribution in [0, 0.1) is 11.3 Å². The van der Waals surface area contributed by atoms with Crippen LogP contribution in [0.3, 0.4) is 0 Å². The van der Waals surface area contributed by atoms with Crippen LogP contribution in [-0.4, -0.2) is 36.5 Å². The molecule has 3 rings (SSSR count). The van der Waals surface area contributed by atoms with Gasteiger partial charge in [0.25, 0.3) is 0 Å². The second-order valence-corrected chi connectivity index (χ2v) is 5.71. The summed E-state index contributed by atoms with van der Waals surface area (Å²) in [6.45, 7) is 5.22. The summed E-state index contributed by atoms with van der Waals surface area (Å²) in [5.74, 6) is 1.25. The van der Waals surface area contributed by atoms with Crippen LogP contribution in [0.2, 0.25) is 0 Å². The van der Waals surface area contributed by atoms with E-state index in [9.17, 15) is 4.79 Å². The Bertz CT molecular complexity index is 285. The predicted octanol–water partition coefficient (Wildman–Crippen LogP) is 0.997. The third kappa shape index (κ3) is 1.57. The fourth-order valence-electron chi connectivity index (χ4n) is 3.00. The van der Waals surface area contributed by atoms with Gasteiger partial charge in [0.05, 0.1) is 0 Å². The van der Waals surface area contributed by atoms with Gasteiger partial charge in [0.2, 0.25) is 5.91 Å². The third-order valence-corrected chi connectivity index (χ3v) is 4.48. The maximum atomic E-state index is 12.2. The minimum atomic E-state index is 0.0193. The van der Waals surface area contributed by atoms with Crippen LogP contribution < -0.4 is 5.32 Å². The molecule has 1 N–H and O–H groups in total. The number of carbonyl (C=O) groups is 1. The number of piperidine rings is 1. The average Bonchev–Trinajstić information content (AvgIpc) is 2.82. The van der Waals surface area contributed by atoms with E-state index < -0.39 is 0 Å². The lowest BCUT2D eigenvalue weighted by atomic mass is 9.91. The topological polar surface area (TPSA) is 32.3 Å². The number of hydrogen-bond donors (Lipinski definition) is 1. The summed E-state index contributed by atoms with van der Waals surface area (Å²) in [6.07, 6.45) is 4.72. The van der Waals surface area contributed by atoms with Gasteiger partial charge in [-0.05, 0) is 38.1 Å². The lowest BCUT2D eigenvalue weighted by Crippen LogP contribution is -2.50. The molecule has 0 aromatic rings. The van der Waals surface area contributed by atoms with Crippen LogP contribution >= 0.6 is 0 Å². The molecule has 0 aromatic carbocycles. The second-order valence-electron chi connectivity index (χ2n) is 5.71. The van der Waals surface area contributed by atoms with E-state index in [4.69, 9.17) is 0 Å². The minimum Gasteiger partial charge on any atom is -0.341 e. The predicted molar refractivity (Wildman–Crippen MR) is 58.4 cm³/mol. The fourth-order valence-corrected chi connectivity index (χ4v) is 3.00. The van der Waals surface area contributed by atoms with E-state index >= 15 is 0 Å². The highest BCUT2D eigenvalue weighted by molar-refractivity contribution is 5.85. The average molecular weight is 208 g/mol. The quantitative estimate of drug-likeness (QED) is 0.697. The molecule has 1 saturated carbocycles. The monoisotopic (exact) mass is 208 g/mol. The Morgan fingerprint density at radius 3 is 2.93 bits per heavy atom. The Labute approximate surface area is 91.2 Å². The highest BCUT2D eigenvalue weighted by Crippen LogP contribution is 2.47. The van der Waals surface area contributed by atoms with Gasteiger partial charge in [-0.15, -0.1) is 0 Å². The van der Waals surface area contributed by atoms with Gasteiger partial charge in [0.15, 0.2) is 0 Å². The molecule has 1 amide bonds. The Morgan fingerprint density at radius 2 is 2.20 bits per heavy atom. The Hall–Kier alpha value is -0.570. The fraction of sp³-hybridized carbons (Fsp3) is 0.917. The summed E-state index contributed by atoms with van der Waals surface area (Å²) in [5.41, 5.74) is 0.0193. The molecule has 2 saturated heterocycles. The van der Waals surface area contributed by atoms with Gasteiger partial charge >= 0.3 is 0 Å². The van der Waals surface area contributed by atoms with Crippen molar-refractivity contribution in [3.8, 4) is 0 Å². The van der Waals surface area contributed by atoms with Crippen molar-refractivity contribution in [1.82, 2.24) is 10.2 Å². The Morgan fingerprint density at radius 1 is 1.40 bits per heavy atom. The number of hydrogen-bond acceptors (Lipinski definition) is 2. The highest BCUT2D eigenvalue weighted by atomic mass is 16.2.